The summed E-state index contributed by atoms with van der Waals surface area (Å²) < 4.78 is 5.50. The maximum atomic E-state index is 12.5. The number of unbranched alkanes of at least 4 members (excludes halogenated alkanes) is 59. The molecule has 0 saturated carbocycles. The number of amides is 1. The van der Waals surface area contributed by atoms with E-state index in [1.54, 1.807) is 6.08 Å². The average molecular weight is 1170 g/mol. The van der Waals surface area contributed by atoms with E-state index in [0.29, 0.717) is 19.4 Å². The number of ether oxygens (including phenoxy) is 1. The van der Waals surface area contributed by atoms with Gasteiger partial charge in [0.15, 0.2) is 0 Å². The van der Waals surface area contributed by atoms with Crippen LogP contribution in [-0.2, 0) is 14.3 Å². The molecule has 0 rings (SSSR count). The monoisotopic (exact) mass is 1170 g/mol. The lowest BCUT2D eigenvalue weighted by Crippen LogP contribution is -2.45. The molecule has 0 heterocycles. The largest absolute Gasteiger partial charge is 0.466 e. The predicted molar refractivity (Wildman–Crippen MR) is 366 cm³/mol. The van der Waals surface area contributed by atoms with Gasteiger partial charge in [0.2, 0.25) is 5.91 Å². The highest BCUT2D eigenvalue weighted by Gasteiger charge is 2.18. The highest BCUT2D eigenvalue weighted by molar-refractivity contribution is 5.76. The molecule has 0 aliphatic carbocycles. The summed E-state index contributed by atoms with van der Waals surface area (Å²) in [6.07, 6.45) is 92.8. The van der Waals surface area contributed by atoms with E-state index in [0.717, 1.165) is 38.5 Å². The SMILES string of the molecule is CCCCCCCCCCCCCCCCCCCCCC/C=C/C(O)C(CO)NC(=O)CCCCCCCCCCCCCCC/C=C\CCCCCCCCCCCCCCOC(=O)CCCCCCCCCCCCCCCCC. The zero-order chi connectivity index (χ0) is 59.9. The minimum atomic E-state index is -0.845. The highest BCUT2D eigenvalue weighted by atomic mass is 16.5. The number of carbonyl (C=O) groups excluding carboxylic acids is 2. The molecule has 6 heteroatoms. The highest BCUT2D eigenvalue weighted by Crippen LogP contribution is 2.19. The number of hydrogen-bond acceptors (Lipinski definition) is 5. The maximum absolute atomic E-state index is 12.5. The second-order valence-electron chi connectivity index (χ2n) is 26.3. The van der Waals surface area contributed by atoms with Gasteiger partial charge in [-0.25, -0.2) is 0 Å². The van der Waals surface area contributed by atoms with Gasteiger partial charge in [-0.3, -0.25) is 9.59 Å². The van der Waals surface area contributed by atoms with Crippen molar-refractivity contribution in [2.24, 2.45) is 0 Å². The Morgan fingerprint density at radius 3 is 0.855 bits per heavy atom. The van der Waals surface area contributed by atoms with Crippen LogP contribution in [0, 0.1) is 0 Å². The second kappa shape index (κ2) is 72.8. The van der Waals surface area contributed by atoms with Crippen LogP contribution in [0.1, 0.15) is 431 Å². The van der Waals surface area contributed by atoms with Crippen molar-refractivity contribution in [2.45, 2.75) is 443 Å². The lowest BCUT2D eigenvalue weighted by molar-refractivity contribution is -0.143. The zero-order valence-electron chi connectivity index (χ0n) is 56.5. The molecule has 0 fully saturated rings. The van der Waals surface area contributed by atoms with Crippen molar-refractivity contribution in [3.8, 4) is 0 Å². The Balaban J connectivity index is 3.39. The zero-order valence-corrected chi connectivity index (χ0v) is 56.5. The van der Waals surface area contributed by atoms with E-state index < -0.39 is 12.1 Å². The number of aliphatic hydroxyl groups is 2. The fraction of sp³-hybridized carbons (Fsp3) is 0.922. The van der Waals surface area contributed by atoms with Gasteiger partial charge in [-0.15, -0.1) is 0 Å². The van der Waals surface area contributed by atoms with Crippen LogP contribution in [0.5, 0.6) is 0 Å². The van der Waals surface area contributed by atoms with E-state index in [1.807, 2.05) is 6.08 Å². The molecule has 2 atom stereocenters. The summed E-state index contributed by atoms with van der Waals surface area (Å²) in [6, 6.07) is -0.628. The molecule has 0 aliphatic rings. The second-order valence-corrected chi connectivity index (χ2v) is 26.3. The third-order valence-corrected chi connectivity index (χ3v) is 18.0. The van der Waals surface area contributed by atoms with Crippen LogP contribution in [0.2, 0.25) is 0 Å². The molecule has 3 N–H and O–H groups in total. The van der Waals surface area contributed by atoms with Crippen molar-refractivity contribution in [1.29, 1.82) is 0 Å². The summed E-state index contributed by atoms with van der Waals surface area (Å²) in [4.78, 5) is 24.6. The molecular formula is C77H149NO5. The number of aliphatic hydroxyl groups excluding tert-OH is 2. The molecule has 0 bridgehead atoms. The predicted octanol–water partition coefficient (Wildman–Crippen LogP) is 24.9. The lowest BCUT2D eigenvalue weighted by Gasteiger charge is -2.20. The van der Waals surface area contributed by atoms with E-state index in [-0.39, 0.29) is 18.5 Å². The first kappa shape index (κ1) is 81.3. The number of rotatable bonds is 72. The van der Waals surface area contributed by atoms with Crippen molar-refractivity contribution in [1.82, 2.24) is 5.32 Å². The van der Waals surface area contributed by atoms with Gasteiger partial charge in [0, 0.05) is 12.8 Å². The summed E-state index contributed by atoms with van der Waals surface area (Å²) in [5.41, 5.74) is 0. The van der Waals surface area contributed by atoms with Gasteiger partial charge in [0.05, 0.1) is 25.4 Å². The topological polar surface area (TPSA) is 95.9 Å². The van der Waals surface area contributed by atoms with Crippen LogP contribution >= 0.6 is 0 Å². The van der Waals surface area contributed by atoms with Crippen LogP contribution in [0.25, 0.3) is 0 Å². The van der Waals surface area contributed by atoms with Gasteiger partial charge in [-0.1, -0.05) is 385 Å². The van der Waals surface area contributed by atoms with Gasteiger partial charge in [-0.05, 0) is 57.8 Å². The Labute approximate surface area is 520 Å². The van der Waals surface area contributed by atoms with Crippen molar-refractivity contribution in [3.05, 3.63) is 24.3 Å². The first-order valence-electron chi connectivity index (χ1n) is 38.1. The third kappa shape index (κ3) is 69.3. The van der Waals surface area contributed by atoms with E-state index in [1.165, 1.54) is 366 Å². The molecule has 0 radical (unpaired) electrons. The molecule has 1 amide bonds. The Kier molecular flexibility index (Phi) is 71.4. The summed E-state index contributed by atoms with van der Waals surface area (Å²) in [5, 5.41) is 23.3. The number of hydrogen-bond donors (Lipinski definition) is 3. The molecule has 0 aromatic heterocycles. The molecule has 2 unspecified atom stereocenters. The smallest absolute Gasteiger partial charge is 0.305 e. The number of nitrogens with one attached hydrogen (secondary N) is 1. The number of carbonyl (C=O) groups is 2. The molecule has 83 heavy (non-hydrogen) atoms. The van der Waals surface area contributed by atoms with Crippen LogP contribution in [0.3, 0.4) is 0 Å². The third-order valence-electron chi connectivity index (χ3n) is 18.0. The maximum Gasteiger partial charge on any atom is 0.305 e. The van der Waals surface area contributed by atoms with Crippen LogP contribution in [0.15, 0.2) is 24.3 Å². The van der Waals surface area contributed by atoms with Crippen molar-refractivity contribution in [2.75, 3.05) is 13.2 Å². The first-order valence-corrected chi connectivity index (χ1v) is 38.1. The first-order chi connectivity index (χ1) is 41.0. The summed E-state index contributed by atoms with van der Waals surface area (Å²) in [7, 11) is 0. The summed E-state index contributed by atoms with van der Waals surface area (Å²) in [5.74, 6) is -0.0424. The van der Waals surface area contributed by atoms with Gasteiger partial charge >= 0.3 is 5.97 Å². The minimum absolute atomic E-state index is 0.0200. The van der Waals surface area contributed by atoms with Crippen molar-refractivity contribution in [3.63, 3.8) is 0 Å². The number of esters is 1. The van der Waals surface area contributed by atoms with Crippen molar-refractivity contribution < 1.29 is 24.5 Å². The lowest BCUT2D eigenvalue weighted by atomic mass is 10.0. The van der Waals surface area contributed by atoms with E-state index >= 15 is 0 Å². The van der Waals surface area contributed by atoms with Crippen LogP contribution in [-0.4, -0.2) is 47.4 Å². The molecule has 0 aromatic carbocycles. The van der Waals surface area contributed by atoms with E-state index in [9.17, 15) is 19.8 Å². The summed E-state index contributed by atoms with van der Waals surface area (Å²) >= 11 is 0. The van der Waals surface area contributed by atoms with E-state index in [2.05, 4.69) is 31.3 Å². The fourth-order valence-corrected chi connectivity index (χ4v) is 12.2. The molecule has 0 saturated heterocycles. The van der Waals surface area contributed by atoms with Gasteiger partial charge < -0.3 is 20.3 Å². The summed E-state index contributed by atoms with van der Waals surface area (Å²) in [6.45, 7) is 4.96. The normalized spacial score (nSPS) is 12.6. The molecule has 492 valence electrons. The Hall–Kier alpha value is -1.66. The molecule has 0 aliphatic heterocycles. The van der Waals surface area contributed by atoms with Gasteiger partial charge in [0.1, 0.15) is 0 Å². The Bertz CT molecular complexity index is 1300. The fourth-order valence-electron chi connectivity index (χ4n) is 12.2. The van der Waals surface area contributed by atoms with Crippen LogP contribution in [0.4, 0.5) is 0 Å². The molecule has 6 nitrogen and oxygen atoms in total. The Morgan fingerprint density at radius 2 is 0.566 bits per heavy atom. The molecular weight excluding hydrogens is 1020 g/mol. The van der Waals surface area contributed by atoms with Gasteiger partial charge in [-0.2, -0.15) is 0 Å². The van der Waals surface area contributed by atoms with E-state index in [4.69, 9.17) is 4.74 Å². The van der Waals surface area contributed by atoms with Crippen LogP contribution < -0.4 is 5.32 Å². The number of allylic oxidation sites excluding steroid dienone is 3. The quantitative estimate of drug-likeness (QED) is 0.0320. The Morgan fingerprint density at radius 1 is 0.325 bits per heavy atom. The minimum Gasteiger partial charge on any atom is -0.466 e. The molecule has 0 aromatic rings. The molecule has 0 spiro atoms. The van der Waals surface area contributed by atoms with Crippen molar-refractivity contribution >= 4 is 11.9 Å². The standard InChI is InChI=1S/C77H149NO5/c1-3-5-7-9-11-13-15-17-19-20-21-22-32-35-38-42-45-49-53-57-61-65-69-75(80)74(73-79)78-76(81)70-66-62-58-54-50-46-43-39-36-33-30-28-26-24-23-25-27-29-31-34-37-40-44-48-52-56-60-64-68-72-83-77(82)71-67-63-59-55-51-47-41-18-16-14-12-10-8-6-4-2/h23,25,65,69,74-75,79-80H,3-22,24,26-64,66-68,70-73H2,1-2H3,(H,78,81)/b25-23-,69-65+. The average Bonchev–Trinajstić information content (AvgIpc) is 3.49. The van der Waals surface area contributed by atoms with Gasteiger partial charge in [0.25, 0.3) is 0 Å².